The van der Waals surface area contributed by atoms with Gasteiger partial charge in [0.05, 0.1) is 18.1 Å². The van der Waals surface area contributed by atoms with Gasteiger partial charge in [-0.2, -0.15) is 0 Å². The molecule has 1 rings (SSSR count). The summed E-state index contributed by atoms with van der Waals surface area (Å²) in [5.74, 6) is 0.696. The summed E-state index contributed by atoms with van der Waals surface area (Å²) < 4.78 is 32.5. The molecular weight excluding hydrogens is 302 g/mol. The summed E-state index contributed by atoms with van der Waals surface area (Å²) in [5, 5.41) is 9.96. The van der Waals surface area contributed by atoms with Crippen molar-refractivity contribution in [3.05, 3.63) is 23.3 Å². The molecule has 0 saturated heterocycles. The van der Waals surface area contributed by atoms with E-state index in [1.54, 1.807) is 19.2 Å². The number of methoxy groups -OCH3 is 1. The molecule has 0 aliphatic carbocycles. The van der Waals surface area contributed by atoms with Crippen molar-refractivity contribution in [2.24, 2.45) is 5.41 Å². The van der Waals surface area contributed by atoms with Crippen LogP contribution in [-0.2, 0) is 10.0 Å². The van der Waals surface area contributed by atoms with E-state index in [0.29, 0.717) is 12.2 Å². The van der Waals surface area contributed by atoms with E-state index >= 15 is 0 Å². The fourth-order valence-corrected chi connectivity index (χ4v) is 3.45. The van der Waals surface area contributed by atoms with Crippen LogP contribution in [0.5, 0.6) is 5.75 Å². The van der Waals surface area contributed by atoms with Crippen LogP contribution in [0.15, 0.2) is 17.0 Å². The molecule has 5 nitrogen and oxygen atoms in total. The Balaban J connectivity index is 2.84. The number of benzene rings is 1. The van der Waals surface area contributed by atoms with Crippen molar-refractivity contribution in [1.82, 2.24) is 4.72 Å². The average Bonchev–Trinajstić information content (AvgIpc) is 2.36. The molecule has 0 aliphatic heterocycles. The highest BCUT2D eigenvalue weighted by molar-refractivity contribution is 7.89. The van der Waals surface area contributed by atoms with E-state index in [1.165, 1.54) is 0 Å². The van der Waals surface area contributed by atoms with Crippen molar-refractivity contribution in [2.75, 3.05) is 13.7 Å². The molecule has 1 atom stereocenters. The molecule has 0 saturated carbocycles. The van der Waals surface area contributed by atoms with Gasteiger partial charge in [-0.3, -0.25) is 0 Å². The molecule has 0 radical (unpaired) electrons. The highest BCUT2D eigenvalue weighted by atomic mass is 32.2. The molecule has 1 aromatic rings. The largest absolute Gasteiger partial charge is 0.496 e. The van der Waals surface area contributed by atoms with Crippen LogP contribution < -0.4 is 9.46 Å². The van der Waals surface area contributed by atoms with Crippen LogP contribution in [0.1, 0.15) is 38.3 Å². The quantitative estimate of drug-likeness (QED) is 0.840. The maximum Gasteiger partial charge on any atom is 0.240 e. The lowest BCUT2D eigenvalue weighted by molar-refractivity contribution is 0.0571. The topological polar surface area (TPSA) is 75.6 Å². The number of hydrogen-bond donors (Lipinski definition) is 2. The predicted octanol–water partition coefficient (Wildman–Crippen LogP) is 2.39. The molecule has 6 heteroatoms. The molecule has 0 bridgehead atoms. The van der Waals surface area contributed by atoms with Gasteiger partial charge in [-0.1, -0.05) is 20.8 Å². The Morgan fingerprint density at radius 3 is 2.14 bits per heavy atom. The van der Waals surface area contributed by atoms with E-state index in [1.807, 2.05) is 34.6 Å². The molecule has 22 heavy (non-hydrogen) atoms. The summed E-state index contributed by atoms with van der Waals surface area (Å²) in [7, 11) is -2.02. The Hall–Kier alpha value is -1.11. The second-order valence-corrected chi connectivity index (χ2v) is 8.43. The normalized spacial score (nSPS) is 14.0. The lowest BCUT2D eigenvalue weighted by Crippen LogP contribution is -2.32. The van der Waals surface area contributed by atoms with Crippen molar-refractivity contribution in [2.45, 2.75) is 52.0 Å². The van der Waals surface area contributed by atoms with Gasteiger partial charge < -0.3 is 9.84 Å². The number of ether oxygens (including phenoxy) is 1. The number of rotatable bonds is 6. The molecule has 0 aromatic heterocycles. The third-order valence-corrected chi connectivity index (χ3v) is 5.10. The Labute approximate surface area is 133 Å². The first-order chi connectivity index (χ1) is 9.99. The smallest absolute Gasteiger partial charge is 0.240 e. The number of aliphatic hydroxyl groups is 1. The first-order valence-corrected chi connectivity index (χ1v) is 8.80. The first-order valence-electron chi connectivity index (χ1n) is 7.32. The Bertz CT molecular complexity index is 595. The zero-order chi connectivity index (χ0) is 17.1. The van der Waals surface area contributed by atoms with Gasteiger partial charge in [0.25, 0.3) is 0 Å². The number of sulfonamides is 1. The number of aryl methyl sites for hydroxylation is 2. The molecule has 0 aliphatic rings. The average molecular weight is 329 g/mol. The maximum absolute atomic E-state index is 12.3. The second-order valence-electron chi connectivity index (χ2n) is 6.66. The van der Waals surface area contributed by atoms with Gasteiger partial charge in [-0.15, -0.1) is 0 Å². The van der Waals surface area contributed by atoms with Crippen molar-refractivity contribution < 1.29 is 18.3 Å². The zero-order valence-corrected chi connectivity index (χ0v) is 15.0. The van der Waals surface area contributed by atoms with Gasteiger partial charge in [0, 0.05) is 6.54 Å². The van der Waals surface area contributed by atoms with Crippen LogP contribution in [0.4, 0.5) is 0 Å². The summed E-state index contributed by atoms with van der Waals surface area (Å²) in [4.78, 5) is 0.216. The minimum Gasteiger partial charge on any atom is -0.496 e. The van der Waals surface area contributed by atoms with Crippen molar-refractivity contribution >= 4 is 10.0 Å². The van der Waals surface area contributed by atoms with Gasteiger partial charge in [0.1, 0.15) is 5.75 Å². The van der Waals surface area contributed by atoms with Crippen LogP contribution in [0.2, 0.25) is 0 Å². The highest BCUT2D eigenvalue weighted by Crippen LogP contribution is 2.26. The Kier molecular flexibility index (Phi) is 6.01. The van der Waals surface area contributed by atoms with Crippen molar-refractivity contribution in [3.8, 4) is 5.75 Å². The van der Waals surface area contributed by atoms with Crippen LogP contribution >= 0.6 is 0 Å². The third-order valence-electron chi connectivity index (χ3n) is 3.66. The van der Waals surface area contributed by atoms with E-state index in [4.69, 9.17) is 4.74 Å². The number of aliphatic hydroxyl groups excluding tert-OH is 1. The van der Waals surface area contributed by atoms with Crippen molar-refractivity contribution in [1.29, 1.82) is 0 Å². The number of hydrogen-bond acceptors (Lipinski definition) is 4. The monoisotopic (exact) mass is 329 g/mol. The van der Waals surface area contributed by atoms with Crippen LogP contribution in [0, 0.1) is 19.3 Å². The third kappa shape index (κ3) is 4.69. The zero-order valence-electron chi connectivity index (χ0n) is 14.2. The standard InChI is InChI=1S/C16H27NO4S/c1-11-9-13(10-12(2)15(11)21-6)22(19,20)17-8-7-14(18)16(3,4)5/h9-10,14,17-18H,7-8H2,1-6H3. The fraction of sp³-hybridized carbons (Fsp3) is 0.625. The highest BCUT2D eigenvalue weighted by Gasteiger charge is 2.23. The van der Waals surface area contributed by atoms with Crippen molar-refractivity contribution in [3.63, 3.8) is 0 Å². The minimum atomic E-state index is -3.59. The van der Waals surface area contributed by atoms with Gasteiger partial charge in [-0.25, -0.2) is 13.1 Å². The molecule has 0 spiro atoms. The van der Waals surface area contributed by atoms with E-state index < -0.39 is 16.1 Å². The lowest BCUT2D eigenvalue weighted by Gasteiger charge is -2.25. The molecule has 0 heterocycles. The minimum absolute atomic E-state index is 0.199. The van der Waals surface area contributed by atoms with Gasteiger partial charge in [0.15, 0.2) is 0 Å². The van der Waals surface area contributed by atoms with Crippen LogP contribution in [-0.4, -0.2) is 33.3 Å². The summed E-state index contributed by atoms with van der Waals surface area (Å²) in [6.45, 7) is 9.58. The summed E-state index contributed by atoms with van der Waals surface area (Å²) >= 11 is 0. The number of nitrogens with one attached hydrogen (secondary N) is 1. The molecule has 126 valence electrons. The van der Waals surface area contributed by atoms with Crippen LogP contribution in [0.25, 0.3) is 0 Å². The Morgan fingerprint density at radius 2 is 1.73 bits per heavy atom. The van der Waals surface area contributed by atoms with E-state index in [-0.39, 0.29) is 16.9 Å². The maximum atomic E-state index is 12.3. The second kappa shape index (κ2) is 6.98. The summed E-state index contributed by atoms with van der Waals surface area (Å²) in [6, 6.07) is 3.18. The lowest BCUT2D eigenvalue weighted by atomic mass is 9.87. The first kappa shape index (κ1) is 18.9. The molecular formula is C16H27NO4S. The van der Waals surface area contributed by atoms with Gasteiger partial charge in [-0.05, 0) is 48.9 Å². The molecule has 0 amide bonds. The summed E-state index contributed by atoms with van der Waals surface area (Å²) in [5.41, 5.74) is 1.29. The van der Waals surface area contributed by atoms with E-state index in [0.717, 1.165) is 11.1 Å². The molecule has 1 unspecified atom stereocenters. The van der Waals surface area contributed by atoms with E-state index in [2.05, 4.69) is 4.72 Å². The predicted molar refractivity (Wildman–Crippen MR) is 87.7 cm³/mol. The molecule has 2 N–H and O–H groups in total. The Morgan fingerprint density at radius 1 is 1.23 bits per heavy atom. The fourth-order valence-electron chi connectivity index (χ4n) is 2.23. The van der Waals surface area contributed by atoms with Gasteiger partial charge in [0.2, 0.25) is 10.0 Å². The SMILES string of the molecule is COc1c(C)cc(S(=O)(=O)NCCC(O)C(C)(C)C)cc1C. The van der Waals surface area contributed by atoms with E-state index in [9.17, 15) is 13.5 Å². The van der Waals surface area contributed by atoms with Crippen LogP contribution in [0.3, 0.4) is 0 Å². The summed E-state index contributed by atoms with van der Waals surface area (Å²) in [6.07, 6.45) is -0.189. The molecule has 1 aromatic carbocycles. The molecule has 0 fully saturated rings. The van der Waals surface area contributed by atoms with Gasteiger partial charge >= 0.3 is 0 Å².